The molecule has 1 aromatic carbocycles. The highest BCUT2D eigenvalue weighted by Gasteiger charge is 2.28. The smallest absolute Gasteiger partial charge is 0.303 e. The summed E-state index contributed by atoms with van der Waals surface area (Å²) < 4.78 is 0. The van der Waals surface area contributed by atoms with Crippen LogP contribution >= 0.6 is 0 Å². The summed E-state index contributed by atoms with van der Waals surface area (Å²) in [5.74, 6) is -0.433. The minimum atomic E-state index is -0.767. The summed E-state index contributed by atoms with van der Waals surface area (Å²) >= 11 is 0. The Morgan fingerprint density at radius 2 is 2.14 bits per heavy atom. The topological polar surface area (TPSA) is 73.4 Å². The van der Waals surface area contributed by atoms with Crippen molar-refractivity contribution in [1.82, 2.24) is 9.88 Å². The number of nitrogens with one attached hydrogen (secondary N) is 1. The van der Waals surface area contributed by atoms with Crippen molar-refractivity contribution in [2.75, 3.05) is 13.1 Å². The minimum Gasteiger partial charge on any atom is -0.481 e. The van der Waals surface area contributed by atoms with E-state index >= 15 is 0 Å². The first-order valence-electron chi connectivity index (χ1n) is 7.22. The van der Waals surface area contributed by atoms with Crippen molar-refractivity contribution in [1.29, 1.82) is 0 Å². The van der Waals surface area contributed by atoms with E-state index in [2.05, 4.69) is 4.98 Å². The summed E-state index contributed by atoms with van der Waals surface area (Å²) in [6, 6.07) is 7.75. The molecule has 1 fully saturated rings. The molecule has 1 aliphatic heterocycles. The van der Waals surface area contributed by atoms with E-state index in [9.17, 15) is 9.59 Å². The van der Waals surface area contributed by atoms with Gasteiger partial charge in [0.25, 0.3) is 5.91 Å². The number of fused-ring (bicyclic) bond motifs is 1. The van der Waals surface area contributed by atoms with E-state index in [1.807, 2.05) is 29.2 Å². The number of aliphatic carboxylic acids is 1. The third-order valence-corrected chi connectivity index (χ3v) is 4.16. The number of benzene rings is 1. The van der Waals surface area contributed by atoms with Crippen LogP contribution in [0, 0.1) is 5.92 Å². The highest BCUT2D eigenvalue weighted by atomic mass is 16.4. The molecule has 5 heteroatoms. The van der Waals surface area contributed by atoms with Gasteiger partial charge in [0.15, 0.2) is 0 Å². The summed E-state index contributed by atoms with van der Waals surface area (Å²) in [4.78, 5) is 28.2. The van der Waals surface area contributed by atoms with Crippen molar-refractivity contribution in [3.05, 3.63) is 36.0 Å². The number of carboxylic acids is 1. The number of rotatable bonds is 4. The molecule has 0 spiro atoms. The Bertz CT molecular complexity index is 677. The Kier molecular flexibility index (Phi) is 3.64. The molecule has 1 atom stereocenters. The molecule has 0 bridgehead atoms. The van der Waals surface area contributed by atoms with Gasteiger partial charge in [0.2, 0.25) is 0 Å². The zero-order valence-corrected chi connectivity index (χ0v) is 11.7. The van der Waals surface area contributed by atoms with Crippen molar-refractivity contribution in [2.45, 2.75) is 19.3 Å². The number of carboxylic acid groups (broad SMARTS) is 1. The number of amides is 1. The largest absolute Gasteiger partial charge is 0.481 e. The Balaban J connectivity index is 1.70. The predicted molar refractivity (Wildman–Crippen MR) is 79.2 cm³/mol. The fourth-order valence-electron chi connectivity index (χ4n) is 3.00. The first kappa shape index (κ1) is 13.7. The van der Waals surface area contributed by atoms with Crippen LogP contribution in [0.1, 0.15) is 29.6 Å². The number of H-pyrrole nitrogens is 1. The molecule has 1 unspecified atom stereocenters. The van der Waals surface area contributed by atoms with E-state index < -0.39 is 5.97 Å². The molecular weight excluding hydrogens is 268 g/mol. The molecule has 0 radical (unpaired) electrons. The van der Waals surface area contributed by atoms with Gasteiger partial charge in [-0.05, 0) is 24.8 Å². The van der Waals surface area contributed by atoms with E-state index in [-0.39, 0.29) is 12.3 Å². The lowest BCUT2D eigenvalue weighted by Crippen LogP contribution is -2.28. The maximum absolute atomic E-state index is 12.6. The monoisotopic (exact) mass is 286 g/mol. The standard InChI is InChI=1S/C16H18N2O3/c19-15(20)6-5-11-7-8-18(10-11)16(21)13-9-17-14-4-2-1-3-12(13)14/h1-4,9,11,17H,5-8,10H2,(H,19,20). The van der Waals surface area contributed by atoms with Gasteiger partial charge < -0.3 is 15.0 Å². The first-order valence-corrected chi connectivity index (χ1v) is 7.22. The lowest BCUT2D eigenvalue weighted by molar-refractivity contribution is -0.137. The second-order valence-corrected chi connectivity index (χ2v) is 5.59. The lowest BCUT2D eigenvalue weighted by atomic mass is 10.0. The van der Waals surface area contributed by atoms with Gasteiger partial charge in [-0.15, -0.1) is 0 Å². The SMILES string of the molecule is O=C(O)CCC1CCN(C(=O)c2c[nH]c3ccccc23)C1. The van der Waals surface area contributed by atoms with Crippen LogP contribution in [0.5, 0.6) is 0 Å². The van der Waals surface area contributed by atoms with E-state index in [0.717, 1.165) is 17.3 Å². The van der Waals surface area contributed by atoms with Crippen LogP contribution in [0.3, 0.4) is 0 Å². The number of hydrogen-bond acceptors (Lipinski definition) is 2. The van der Waals surface area contributed by atoms with E-state index in [0.29, 0.717) is 31.0 Å². The van der Waals surface area contributed by atoms with Crippen LogP contribution in [0.2, 0.25) is 0 Å². The third-order valence-electron chi connectivity index (χ3n) is 4.16. The Morgan fingerprint density at radius 3 is 2.95 bits per heavy atom. The molecule has 3 rings (SSSR count). The van der Waals surface area contributed by atoms with Gasteiger partial charge in [-0.2, -0.15) is 0 Å². The fraction of sp³-hybridized carbons (Fsp3) is 0.375. The number of para-hydroxylation sites is 1. The lowest BCUT2D eigenvalue weighted by Gasteiger charge is -2.16. The maximum atomic E-state index is 12.6. The number of nitrogens with zero attached hydrogens (tertiary/aromatic N) is 1. The molecule has 110 valence electrons. The van der Waals surface area contributed by atoms with Gasteiger partial charge in [-0.1, -0.05) is 18.2 Å². The summed E-state index contributed by atoms with van der Waals surface area (Å²) in [6.07, 6.45) is 3.48. The average molecular weight is 286 g/mol. The summed E-state index contributed by atoms with van der Waals surface area (Å²) in [5.41, 5.74) is 1.66. The molecule has 2 N–H and O–H groups in total. The molecule has 5 nitrogen and oxygen atoms in total. The Labute approximate surface area is 122 Å². The molecule has 21 heavy (non-hydrogen) atoms. The van der Waals surface area contributed by atoms with Gasteiger partial charge in [-0.25, -0.2) is 0 Å². The Morgan fingerprint density at radius 1 is 1.33 bits per heavy atom. The molecule has 1 amide bonds. The third kappa shape index (κ3) is 2.77. The van der Waals surface area contributed by atoms with Crippen molar-refractivity contribution in [3.8, 4) is 0 Å². The van der Waals surface area contributed by atoms with Crippen molar-refractivity contribution in [2.24, 2.45) is 5.92 Å². The van der Waals surface area contributed by atoms with Gasteiger partial charge in [0, 0.05) is 36.6 Å². The highest BCUT2D eigenvalue weighted by Crippen LogP contribution is 2.25. The van der Waals surface area contributed by atoms with Crippen LogP contribution in [0.25, 0.3) is 10.9 Å². The second-order valence-electron chi connectivity index (χ2n) is 5.59. The number of aromatic amines is 1. The van der Waals surface area contributed by atoms with Crippen LogP contribution in [-0.4, -0.2) is 40.0 Å². The molecule has 0 aliphatic carbocycles. The van der Waals surface area contributed by atoms with Crippen molar-refractivity contribution < 1.29 is 14.7 Å². The summed E-state index contributed by atoms with van der Waals surface area (Å²) in [6.45, 7) is 1.37. The molecule has 2 heterocycles. The predicted octanol–water partition coefficient (Wildman–Crippen LogP) is 2.49. The van der Waals surface area contributed by atoms with Crippen LogP contribution in [0.4, 0.5) is 0 Å². The molecular formula is C16H18N2O3. The number of carbonyl (C=O) groups excluding carboxylic acids is 1. The summed E-state index contributed by atoms with van der Waals surface area (Å²) in [5, 5.41) is 9.67. The van der Waals surface area contributed by atoms with Crippen LogP contribution < -0.4 is 0 Å². The van der Waals surface area contributed by atoms with Gasteiger partial charge in [0.05, 0.1) is 5.56 Å². The van der Waals surface area contributed by atoms with Gasteiger partial charge in [-0.3, -0.25) is 9.59 Å². The maximum Gasteiger partial charge on any atom is 0.303 e. The van der Waals surface area contributed by atoms with E-state index in [1.165, 1.54) is 0 Å². The van der Waals surface area contributed by atoms with E-state index in [4.69, 9.17) is 5.11 Å². The highest BCUT2D eigenvalue weighted by molar-refractivity contribution is 6.06. The number of hydrogen-bond donors (Lipinski definition) is 2. The fourth-order valence-corrected chi connectivity index (χ4v) is 3.00. The van der Waals surface area contributed by atoms with E-state index in [1.54, 1.807) is 6.20 Å². The number of aromatic nitrogens is 1. The quantitative estimate of drug-likeness (QED) is 0.907. The number of carbonyl (C=O) groups is 2. The Hall–Kier alpha value is -2.30. The van der Waals surface area contributed by atoms with Crippen molar-refractivity contribution in [3.63, 3.8) is 0 Å². The van der Waals surface area contributed by atoms with Crippen LogP contribution in [0.15, 0.2) is 30.5 Å². The first-order chi connectivity index (χ1) is 10.1. The molecule has 2 aromatic rings. The minimum absolute atomic E-state index is 0.0327. The molecule has 0 saturated carbocycles. The molecule has 1 saturated heterocycles. The normalized spacial score (nSPS) is 18.3. The van der Waals surface area contributed by atoms with Crippen molar-refractivity contribution >= 4 is 22.8 Å². The van der Waals surface area contributed by atoms with Gasteiger partial charge in [0.1, 0.15) is 0 Å². The van der Waals surface area contributed by atoms with Crippen LogP contribution in [-0.2, 0) is 4.79 Å². The summed E-state index contributed by atoms with van der Waals surface area (Å²) in [7, 11) is 0. The van der Waals surface area contributed by atoms with Gasteiger partial charge >= 0.3 is 5.97 Å². The molecule has 1 aliphatic rings. The number of likely N-dealkylation sites (tertiary alicyclic amines) is 1. The average Bonchev–Trinajstić information content (AvgIpc) is 3.11. The zero-order valence-electron chi connectivity index (χ0n) is 11.7. The molecule has 1 aromatic heterocycles. The zero-order chi connectivity index (χ0) is 14.8. The second kappa shape index (κ2) is 5.60.